The van der Waals surface area contributed by atoms with Gasteiger partial charge in [0.1, 0.15) is 6.61 Å². The summed E-state index contributed by atoms with van der Waals surface area (Å²) in [6.07, 6.45) is 9.53. The van der Waals surface area contributed by atoms with Crippen molar-refractivity contribution in [2.24, 2.45) is 22.7 Å². The summed E-state index contributed by atoms with van der Waals surface area (Å²) in [7, 11) is 0. The molecule has 4 nitrogen and oxygen atoms in total. The minimum absolute atomic E-state index is 0.0254. The van der Waals surface area contributed by atoms with Crippen molar-refractivity contribution in [3.05, 3.63) is 35.8 Å². The van der Waals surface area contributed by atoms with Gasteiger partial charge in [0.05, 0.1) is 18.6 Å². The highest BCUT2D eigenvalue weighted by atomic mass is 16.5. The third-order valence-electron chi connectivity index (χ3n) is 7.15. The van der Waals surface area contributed by atoms with Crippen LogP contribution in [0.25, 0.3) is 0 Å². The van der Waals surface area contributed by atoms with Crippen LogP contribution in [0, 0.1) is 22.7 Å². The summed E-state index contributed by atoms with van der Waals surface area (Å²) >= 11 is 0. The molecule has 1 N–H and O–H groups in total. The Labute approximate surface area is 142 Å². The molecule has 2 heterocycles. The Hall–Kier alpha value is -1.55. The van der Waals surface area contributed by atoms with Gasteiger partial charge in [-0.3, -0.25) is 0 Å². The molecule has 2 fully saturated rings. The molecule has 1 aromatic rings. The molecule has 0 unspecified atom stereocenters. The van der Waals surface area contributed by atoms with Gasteiger partial charge in [0.2, 0.25) is 0 Å². The molecule has 5 atom stereocenters. The summed E-state index contributed by atoms with van der Waals surface area (Å²) < 4.78 is 10.7. The first-order valence-electron chi connectivity index (χ1n) is 9.04. The average Bonchev–Trinajstić information content (AvgIpc) is 3.18. The van der Waals surface area contributed by atoms with Gasteiger partial charge in [-0.2, -0.15) is 0 Å². The first kappa shape index (κ1) is 15.9. The molecule has 1 spiro atoms. The maximum atomic E-state index is 12.2. The molecule has 3 aliphatic rings. The summed E-state index contributed by atoms with van der Waals surface area (Å²) in [5, 5.41) is 10.9. The van der Waals surface area contributed by atoms with Gasteiger partial charge in [-0.1, -0.05) is 19.9 Å². The normalized spacial score (nSPS) is 41.4. The minimum atomic E-state index is -0.402. The largest absolute Gasteiger partial charge is 0.472 e. The average molecular weight is 330 g/mol. The van der Waals surface area contributed by atoms with Crippen LogP contribution in [0.3, 0.4) is 0 Å². The fraction of sp³-hybridized carbons (Fsp3) is 0.650. The highest BCUT2D eigenvalue weighted by Crippen LogP contribution is 2.63. The molecule has 0 radical (unpaired) electrons. The number of aliphatic hydroxyl groups is 1. The Balaban J connectivity index is 1.70. The Morgan fingerprint density at radius 3 is 3.00 bits per heavy atom. The predicted molar refractivity (Wildman–Crippen MR) is 89.1 cm³/mol. The quantitative estimate of drug-likeness (QED) is 0.862. The lowest BCUT2D eigenvalue weighted by Crippen LogP contribution is -2.56. The van der Waals surface area contributed by atoms with E-state index < -0.39 is 6.10 Å². The number of carbonyl (C=O) groups excluding carboxylic acids is 1. The van der Waals surface area contributed by atoms with Crippen molar-refractivity contribution in [1.29, 1.82) is 0 Å². The van der Waals surface area contributed by atoms with Crippen molar-refractivity contribution < 1.29 is 19.1 Å². The highest BCUT2D eigenvalue weighted by Gasteiger charge is 2.63. The van der Waals surface area contributed by atoms with E-state index in [-0.39, 0.29) is 22.7 Å². The molecular weight excluding hydrogens is 304 g/mol. The molecule has 0 bridgehead atoms. The first-order chi connectivity index (χ1) is 11.5. The fourth-order valence-electron chi connectivity index (χ4n) is 5.63. The van der Waals surface area contributed by atoms with Crippen LogP contribution in [0.1, 0.15) is 45.1 Å². The second-order valence-electron chi connectivity index (χ2n) is 8.21. The Morgan fingerprint density at radius 1 is 1.42 bits per heavy atom. The van der Waals surface area contributed by atoms with Gasteiger partial charge in [-0.15, -0.1) is 0 Å². The van der Waals surface area contributed by atoms with Crippen LogP contribution >= 0.6 is 0 Å². The molecule has 1 saturated carbocycles. The molecule has 4 rings (SSSR count). The number of hydrogen-bond acceptors (Lipinski definition) is 4. The molecule has 0 amide bonds. The number of rotatable bonds is 3. The van der Waals surface area contributed by atoms with E-state index in [4.69, 9.17) is 9.15 Å². The van der Waals surface area contributed by atoms with Crippen LogP contribution in [0.15, 0.2) is 34.7 Å². The second kappa shape index (κ2) is 5.48. The summed E-state index contributed by atoms with van der Waals surface area (Å²) in [5.74, 6) is 0.412. The van der Waals surface area contributed by atoms with Gasteiger partial charge in [-0.05, 0) is 55.1 Å². The van der Waals surface area contributed by atoms with Crippen molar-refractivity contribution in [2.45, 2.75) is 52.1 Å². The molecule has 1 aromatic heterocycles. The smallest absolute Gasteiger partial charge is 0.334 e. The summed E-state index contributed by atoms with van der Waals surface area (Å²) in [6.45, 7) is 5.04. The SMILES string of the molecule is C[C@@H]1CC[C@@]23COC(=O)C2=CC[C@H](O)[C@@H]3[C@@]1(C)CCc1ccoc1. The first-order valence-corrected chi connectivity index (χ1v) is 9.04. The van der Waals surface area contributed by atoms with E-state index in [1.54, 1.807) is 12.5 Å². The van der Waals surface area contributed by atoms with Crippen LogP contribution in [-0.4, -0.2) is 23.8 Å². The van der Waals surface area contributed by atoms with Crippen LogP contribution in [0.5, 0.6) is 0 Å². The summed E-state index contributed by atoms with van der Waals surface area (Å²) in [6, 6.07) is 2.01. The van der Waals surface area contributed by atoms with Gasteiger partial charge in [0.25, 0.3) is 0 Å². The molecule has 130 valence electrons. The lowest BCUT2D eigenvalue weighted by molar-refractivity contribution is -0.137. The van der Waals surface area contributed by atoms with E-state index in [0.717, 1.165) is 31.3 Å². The Morgan fingerprint density at radius 2 is 2.25 bits per heavy atom. The van der Waals surface area contributed by atoms with Gasteiger partial charge < -0.3 is 14.3 Å². The van der Waals surface area contributed by atoms with Gasteiger partial charge in [0.15, 0.2) is 0 Å². The zero-order chi connectivity index (χ0) is 16.9. The number of aliphatic hydroxyl groups excluding tert-OH is 1. The third-order valence-corrected chi connectivity index (χ3v) is 7.15. The van der Waals surface area contributed by atoms with Gasteiger partial charge in [0, 0.05) is 16.9 Å². The lowest BCUT2D eigenvalue weighted by Gasteiger charge is -2.58. The maximum absolute atomic E-state index is 12.2. The van der Waals surface area contributed by atoms with E-state index in [9.17, 15) is 9.90 Å². The number of carbonyl (C=O) groups is 1. The molecule has 2 aliphatic carbocycles. The number of ether oxygens (including phenoxy) is 1. The van der Waals surface area contributed by atoms with Crippen molar-refractivity contribution in [3.8, 4) is 0 Å². The van der Waals surface area contributed by atoms with Crippen molar-refractivity contribution in [1.82, 2.24) is 0 Å². The third kappa shape index (κ3) is 2.12. The number of hydrogen-bond donors (Lipinski definition) is 1. The molecular formula is C20H26O4. The fourth-order valence-corrected chi connectivity index (χ4v) is 5.63. The monoisotopic (exact) mass is 330 g/mol. The van der Waals surface area contributed by atoms with E-state index in [2.05, 4.69) is 13.8 Å². The van der Waals surface area contributed by atoms with Crippen molar-refractivity contribution >= 4 is 5.97 Å². The minimum Gasteiger partial charge on any atom is -0.472 e. The van der Waals surface area contributed by atoms with E-state index in [1.807, 2.05) is 12.1 Å². The van der Waals surface area contributed by atoms with E-state index in [0.29, 0.717) is 18.9 Å². The number of esters is 1. The maximum Gasteiger partial charge on any atom is 0.334 e. The van der Waals surface area contributed by atoms with Gasteiger partial charge >= 0.3 is 5.97 Å². The molecule has 0 aromatic carbocycles. The molecule has 4 heteroatoms. The number of aryl methyl sites for hydroxylation is 1. The zero-order valence-corrected chi connectivity index (χ0v) is 14.5. The molecule has 1 saturated heterocycles. The summed E-state index contributed by atoms with van der Waals surface area (Å²) in [5.41, 5.74) is 1.72. The van der Waals surface area contributed by atoms with Crippen LogP contribution in [0.4, 0.5) is 0 Å². The number of cyclic esters (lactones) is 1. The Kier molecular flexibility index (Phi) is 3.64. The zero-order valence-electron chi connectivity index (χ0n) is 14.5. The van der Waals surface area contributed by atoms with E-state index in [1.165, 1.54) is 5.56 Å². The topological polar surface area (TPSA) is 59.7 Å². The van der Waals surface area contributed by atoms with Crippen LogP contribution in [0.2, 0.25) is 0 Å². The summed E-state index contributed by atoms with van der Waals surface area (Å²) in [4.78, 5) is 12.2. The van der Waals surface area contributed by atoms with Crippen molar-refractivity contribution in [2.75, 3.05) is 6.61 Å². The van der Waals surface area contributed by atoms with Crippen LogP contribution < -0.4 is 0 Å². The number of furan rings is 1. The van der Waals surface area contributed by atoms with Crippen LogP contribution in [-0.2, 0) is 16.0 Å². The molecule has 1 aliphatic heterocycles. The van der Waals surface area contributed by atoms with Crippen molar-refractivity contribution in [3.63, 3.8) is 0 Å². The van der Waals surface area contributed by atoms with Gasteiger partial charge in [-0.25, -0.2) is 4.79 Å². The Bertz CT molecular complexity index is 661. The predicted octanol–water partition coefficient (Wildman–Crippen LogP) is 3.50. The second-order valence-corrected chi connectivity index (χ2v) is 8.21. The van der Waals surface area contributed by atoms with E-state index >= 15 is 0 Å². The standard InChI is InChI=1S/C20H26O4/c1-13-5-9-20-12-24-18(22)15(20)3-4-16(21)17(20)19(13,2)8-6-14-7-10-23-11-14/h3,7,10-11,13,16-17,21H,4-6,8-9,12H2,1-2H3/t13-,16+,17-,19+,20-/m1/s1. The lowest BCUT2D eigenvalue weighted by atomic mass is 9.46. The highest BCUT2D eigenvalue weighted by molar-refractivity contribution is 5.92. The molecule has 24 heavy (non-hydrogen) atoms.